The molecule has 1 aromatic heterocycles. The zero-order chi connectivity index (χ0) is 23.3. The monoisotopic (exact) mass is 459 g/mol. The van der Waals surface area contributed by atoms with Gasteiger partial charge in [-0.3, -0.25) is 30.6 Å². The number of rotatable bonds is 7. The molecule has 0 bridgehead atoms. The predicted octanol–water partition coefficient (Wildman–Crippen LogP) is 2.25. The van der Waals surface area contributed by atoms with Crippen LogP contribution in [0.15, 0.2) is 70.0 Å². The van der Waals surface area contributed by atoms with Crippen molar-refractivity contribution in [3.8, 4) is 5.75 Å². The fourth-order valence-corrected chi connectivity index (χ4v) is 3.21. The molecule has 2 amide bonds. The van der Waals surface area contributed by atoms with E-state index in [1.807, 2.05) is 6.07 Å². The number of nitrogens with one attached hydrogen (secondary N) is 2. The zero-order valence-electron chi connectivity index (χ0n) is 16.6. The second-order valence-corrected chi connectivity index (χ2v) is 8.54. The van der Waals surface area contributed by atoms with Crippen LogP contribution in [0.25, 0.3) is 0 Å². The van der Waals surface area contributed by atoms with E-state index in [2.05, 4.69) is 10.9 Å². The first-order chi connectivity index (χ1) is 15.1. The number of amides is 2. The maximum atomic E-state index is 12.3. The van der Waals surface area contributed by atoms with Crippen molar-refractivity contribution in [2.24, 2.45) is 0 Å². The SMILES string of the molecule is CS(=O)(=O)c1cc(C(=O)NNC(=O)c2ccc(COc3ccccc3)o2)cc([N+](=O)[O-])c1. The average molecular weight is 459 g/mol. The van der Waals surface area contributed by atoms with Crippen LogP contribution < -0.4 is 15.6 Å². The van der Waals surface area contributed by atoms with Crippen LogP contribution in [0.3, 0.4) is 0 Å². The van der Waals surface area contributed by atoms with E-state index < -0.39 is 37.2 Å². The van der Waals surface area contributed by atoms with Crippen LogP contribution >= 0.6 is 0 Å². The number of nitro groups is 1. The molecule has 2 aromatic carbocycles. The lowest BCUT2D eigenvalue weighted by molar-refractivity contribution is -0.385. The lowest BCUT2D eigenvalue weighted by Gasteiger charge is -2.07. The van der Waals surface area contributed by atoms with Crippen LogP contribution in [0, 0.1) is 10.1 Å². The highest BCUT2D eigenvalue weighted by molar-refractivity contribution is 7.90. The molecule has 0 fully saturated rings. The van der Waals surface area contributed by atoms with E-state index in [0.717, 1.165) is 24.5 Å². The number of carbonyl (C=O) groups is 2. The van der Waals surface area contributed by atoms with Gasteiger partial charge >= 0.3 is 5.91 Å². The quantitative estimate of drug-likeness (QED) is 0.402. The number of para-hydroxylation sites is 1. The summed E-state index contributed by atoms with van der Waals surface area (Å²) in [6.07, 6.45) is 0.853. The Morgan fingerprint density at radius 2 is 1.72 bits per heavy atom. The number of furan rings is 1. The van der Waals surface area contributed by atoms with Crippen LogP contribution in [-0.2, 0) is 16.4 Å². The van der Waals surface area contributed by atoms with E-state index in [4.69, 9.17) is 9.15 Å². The Kier molecular flexibility index (Phi) is 6.54. The van der Waals surface area contributed by atoms with Crippen molar-refractivity contribution in [1.82, 2.24) is 10.9 Å². The molecule has 11 nitrogen and oxygen atoms in total. The molecule has 0 spiro atoms. The third kappa shape index (κ3) is 5.70. The molecule has 0 radical (unpaired) electrons. The molecule has 0 aliphatic heterocycles. The van der Waals surface area contributed by atoms with Crippen LogP contribution in [0.1, 0.15) is 26.7 Å². The fraction of sp³-hybridized carbons (Fsp3) is 0.100. The first kappa shape index (κ1) is 22.5. The number of hydrogen-bond donors (Lipinski definition) is 2. The van der Waals surface area contributed by atoms with Crippen molar-refractivity contribution in [1.29, 1.82) is 0 Å². The Hall–Kier alpha value is -4.19. The van der Waals surface area contributed by atoms with E-state index in [-0.39, 0.29) is 17.9 Å². The van der Waals surface area contributed by atoms with Gasteiger partial charge < -0.3 is 9.15 Å². The summed E-state index contributed by atoms with van der Waals surface area (Å²) >= 11 is 0. The van der Waals surface area contributed by atoms with Crippen LogP contribution in [-0.4, -0.2) is 31.4 Å². The standard InChI is InChI=1S/C20H17N3O8S/c1-32(28,29)17-10-13(9-14(11-17)23(26)27)19(24)21-22-20(25)18-8-7-16(31-18)12-30-15-5-3-2-4-6-15/h2-11H,12H2,1H3,(H,21,24)(H,22,25). The van der Waals surface area contributed by atoms with Gasteiger partial charge in [0, 0.05) is 24.0 Å². The fourth-order valence-electron chi connectivity index (χ4n) is 2.53. The largest absolute Gasteiger partial charge is 0.486 e. The summed E-state index contributed by atoms with van der Waals surface area (Å²) in [5.41, 5.74) is 3.25. The second kappa shape index (κ2) is 9.31. The molecular weight excluding hydrogens is 442 g/mol. The summed E-state index contributed by atoms with van der Waals surface area (Å²) < 4.78 is 34.3. The summed E-state index contributed by atoms with van der Waals surface area (Å²) in [5, 5.41) is 11.0. The molecule has 0 unspecified atom stereocenters. The number of hydrazine groups is 1. The summed E-state index contributed by atoms with van der Waals surface area (Å²) in [6.45, 7) is 0.0750. The van der Waals surface area contributed by atoms with Gasteiger partial charge in [-0.2, -0.15) is 0 Å². The highest BCUT2D eigenvalue weighted by Gasteiger charge is 2.20. The minimum absolute atomic E-state index is 0.0750. The lowest BCUT2D eigenvalue weighted by atomic mass is 10.2. The molecule has 32 heavy (non-hydrogen) atoms. The molecule has 0 saturated heterocycles. The maximum absolute atomic E-state index is 12.3. The number of nitrogens with zero attached hydrogens (tertiary/aromatic N) is 1. The zero-order valence-corrected chi connectivity index (χ0v) is 17.4. The second-order valence-electron chi connectivity index (χ2n) is 6.52. The van der Waals surface area contributed by atoms with Crippen molar-refractivity contribution >= 4 is 27.3 Å². The molecule has 0 aliphatic rings. The Morgan fingerprint density at radius 3 is 2.38 bits per heavy atom. The third-order valence-corrected chi connectivity index (χ3v) is 5.18. The molecule has 2 N–H and O–H groups in total. The molecule has 3 rings (SSSR count). The third-order valence-electron chi connectivity index (χ3n) is 4.09. The predicted molar refractivity (Wildman–Crippen MR) is 111 cm³/mol. The number of carbonyl (C=O) groups excluding carboxylic acids is 2. The van der Waals surface area contributed by atoms with Crippen molar-refractivity contribution in [3.05, 3.63) is 87.9 Å². The van der Waals surface area contributed by atoms with Gasteiger partial charge in [-0.25, -0.2) is 8.42 Å². The van der Waals surface area contributed by atoms with Crippen molar-refractivity contribution < 1.29 is 32.1 Å². The van der Waals surface area contributed by atoms with Gasteiger partial charge in [-0.1, -0.05) is 18.2 Å². The van der Waals surface area contributed by atoms with Crippen molar-refractivity contribution in [2.75, 3.05) is 6.26 Å². The lowest BCUT2D eigenvalue weighted by Crippen LogP contribution is -2.41. The minimum Gasteiger partial charge on any atom is -0.486 e. The van der Waals surface area contributed by atoms with E-state index in [1.54, 1.807) is 24.3 Å². The molecule has 0 saturated carbocycles. The molecule has 0 atom stereocenters. The smallest absolute Gasteiger partial charge is 0.305 e. The van der Waals surface area contributed by atoms with Gasteiger partial charge in [-0.05, 0) is 30.3 Å². The molecule has 1 heterocycles. The molecule has 12 heteroatoms. The van der Waals surface area contributed by atoms with Gasteiger partial charge in [0.1, 0.15) is 18.1 Å². The molecule has 3 aromatic rings. The van der Waals surface area contributed by atoms with Crippen LogP contribution in [0.5, 0.6) is 5.75 Å². The number of non-ortho nitro benzene ring substituents is 1. The summed E-state index contributed by atoms with van der Waals surface area (Å²) in [4.78, 5) is 34.3. The number of sulfone groups is 1. The topological polar surface area (TPSA) is 158 Å². The van der Waals surface area contributed by atoms with Gasteiger partial charge in [0.05, 0.1) is 9.82 Å². The normalized spacial score (nSPS) is 10.9. The molecular formula is C20H17N3O8S. The average Bonchev–Trinajstić information content (AvgIpc) is 3.25. The Balaban J connectivity index is 1.64. The minimum atomic E-state index is -3.81. The molecule has 0 aliphatic carbocycles. The summed E-state index contributed by atoms with van der Waals surface area (Å²) in [6, 6.07) is 14.6. The van der Waals surface area contributed by atoms with Crippen molar-refractivity contribution in [3.63, 3.8) is 0 Å². The Labute approximate surface area is 182 Å². The summed E-state index contributed by atoms with van der Waals surface area (Å²) in [7, 11) is -3.81. The van der Waals surface area contributed by atoms with Gasteiger partial charge in [-0.15, -0.1) is 0 Å². The Bertz CT molecular complexity index is 1270. The summed E-state index contributed by atoms with van der Waals surface area (Å²) in [5.74, 6) is -0.883. The highest BCUT2D eigenvalue weighted by Crippen LogP contribution is 2.21. The van der Waals surface area contributed by atoms with Gasteiger partial charge in [0.25, 0.3) is 11.6 Å². The van der Waals surface area contributed by atoms with Crippen LogP contribution in [0.2, 0.25) is 0 Å². The first-order valence-electron chi connectivity index (χ1n) is 9.00. The van der Waals surface area contributed by atoms with E-state index in [1.165, 1.54) is 12.1 Å². The number of hydrogen-bond acceptors (Lipinski definition) is 8. The number of ether oxygens (including phenoxy) is 1. The van der Waals surface area contributed by atoms with Gasteiger partial charge in [0.2, 0.25) is 0 Å². The first-order valence-corrected chi connectivity index (χ1v) is 10.9. The van der Waals surface area contributed by atoms with Gasteiger partial charge in [0.15, 0.2) is 15.6 Å². The maximum Gasteiger partial charge on any atom is 0.305 e. The Morgan fingerprint density at radius 1 is 1.03 bits per heavy atom. The molecule has 166 valence electrons. The number of nitro benzene ring substituents is 1. The van der Waals surface area contributed by atoms with Crippen molar-refractivity contribution in [2.45, 2.75) is 11.5 Å². The van der Waals surface area contributed by atoms with Crippen LogP contribution in [0.4, 0.5) is 5.69 Å². The van der Waals surface area contributed by atoms with E-state index in [9.17, 15) is 28.1 Å². The van der Waals surface area contributed by atoms with E-state index in [0.29, 0.717) is 11.5 Å². The van der Waals surface area contributed by atoms with E-state index >= 15 is 0 Å². The number of benzene rings is 2. The highest BCUT2D eigenvalue weighted by atomic mass is 32.2.